The minimum absolute atomic E-state index is 0.156. The lowest BCUT2D eigenvalue weighted by atomic mass is 10.1. The third kappa shape index (κ3) is 3.96. The van der Waals surface area contributed by atoms with Crippen molar-refractivity contribution in [2.75, 3.05) is 24.5 Å². The number of pyridine rings is 1. The number of hydrogen-bond donors (Lipinski definition) is 3. The van der Waals surface area contributed by atoms with Gasteiger partial charge in [-0.15, -0.1) is 0 Å². The summed E-state index contributed by atoms with van der Waals surface area (Å²) in [4.78, 5) is 19.3. The Balaban J connectivity index is 1.36. The molecule has 2 aromatic heterocycles. The van der Waals surface area contributed by atoms with E-state index in [4.69, 9.17) is 4.74 Å². The molecule has 1 fully saturated rings. The summed E-state index contributed by atoms with van der Waals surface area (Å²) in [5, 5.41) is 13.4. The third-order valence-corrected chi connectivity index (χ3v) is 5.03. The van der Waals surface area contributed by atoms with Gasteiger partial charge in [-0.05, 0) is 25.5 Å². The summed E-state index contributed by atoms with van der Waals surface area (Å²) < 4.78 is 5.77. The molecule has 0 aromatic carbocycles. The van der Waals surface area contributed by atoms with Crippen LogP contribution < -0.4 is 15.5 Å². The van der Waals surface area contributed by atoms with Crippen molar-refractivity contribution in [1.82, 2.24) is 25.8 Å². The molecule has 4 heterocycles. The Morgan fingerprint density at radius 3 is 2.89 bits per heavy atom. The molecule has 0 radical (unpaired) electrons. The standard InChI is InChI=1S/C19H26N6O2/c1-12-10-25(11-13(2)27-12)17-4-3-14(7-21-17)8-22-19(26)18-15-9-20-6-5-16(15)23-24-18/h3-4,7,12-13,20H,5-6,8-11H2,1-2H3,(H,22,26)(H,23,24). The van der Waals surface area contributed by atoms with Gasteiger partial charge >= 0.3 is 0 Å². The van der Waals surface area contributed by atoms with Gasteiger partial charge in [-0.3, -0.25) is 9.89 Å². The van der Waals surface area contributed by atoms with Crippen molar-refractivity contribution < 1.29 is 9.53 Å². The van der Waals surface area contributed by atoms with Crippen LogP contribution in [-0.4, -0.2) is 52.9 Å². The highest BCUT2D eigenvalue weighted by Gasteiger charge is 2.23. The number of ether oxygens (including phenoxy) is 1. The van der Waals surface area contributed by atoms with E-state index in [1.807, 2.05) is 18.3 Å². The highest BCUT2D eigenvalue weighted by molar-refractivity contribution is 5.94. The quantitative estimate of drug-likeness (QED) is 0.743. The number of nitrogens with zero attached hydrogens (tertiary/aromatic N) is 3. The molecule has 0 bridgehead atoms. The summed E-state index contributed by atoms with van der Waals surface area (Å²) >= 11 is 0. The fraction of sp³-hybridized carbons (Fsp3) is 0.526. The third-order valence-electron chi connectivity index (χ3n) is 5.03. The number of nitrogens with one attached hydrogen (secondary N) is 3. The molecule has 8 nitrogen and oxygen atoms in total. The number of aromatic amines is 1. The monoisotopic (exact) mass is 370 g/mol. The Labute approximate surface area is 158 Å². The smallest absolute Gasteiger partial charge is 0.272 e. The SMILES string of the molecule is CC1CN(c2ccc(CNC(=O)c3n[nH]c4c3CNCC4)cn2)CC(C)O1. The number of carbonyl (C=O) groups excluding carboxylic acids is 1. The Bertz CT molecular complexity index is 793. The van der Waals surface area contributed by atoms with Crippen molar-refractivity contribution in [3.63, 3.8) is 0 Å². The number of amides is 1. The lowest BCUT2D eigenvalue weighted by Gasteiger charge is -2.36. The molecule has 2 unspecified atom stereocenters. The first kappa shape index (κ1) is 17.9. The van der Waals surface area contributed by atoms with Crippen LogP contribution in [0.15, 0.2) is 18.3 Å². The Morgan fingerprint density at radius 1 is 1.33 bits per heavy atom. The van der Waals surface area contributed by atoms with Gasteiger partial charge in [0.2, 0.25) is 0 Å². The number of morpholine rings is 1. The van der Waals surface area contributed by atoms with Gasteiger partial charge in [-0.1, -0.05) is 6.07 Å². The van der Waals surface area contributed by atoms with Crippen LogP contribution in [0.3, 0.4) is 0 Å². The Hall–Kier alpha value is -2.45. The lowest BCUT2D eigenvalue weighted by Crippen LogP contribution is -2.45. The van der Waals surface area contributed by atoms with E-state index in [2.05, 4.69) is 44.6 Å². The average molecular weight is 370 g/mol. The Kier molecular flexibility index (Phi) is 5.09. The molecule has 2 aromatic rings. The predicted molar refractivity (Wildman–Crippen MR) is 102 cm³/mol. The van der Waals surface area contributed by atoms with Crippen molar-refractivity contribution in [2.45, 2.75) is 45.6 Å². The fourth-order valence-corrected chi connectivity index (χ4v) is 3.75. The van der Waals surface area contributed by atoms with Crippen LogP contribution in [0.5, 0.6) is 0 Å². The molecule has 0 spiro atoms. The van der Waals surface area contributed by atoms with E-state index < -0.39 is 0 Å². The minimum atomic E-state index is -0.156. The predicted octanol–water partition coefficient (Wildman–Crippen LogP) is 0.994. The zero-order valence-corrected chi connectivity index (χ0v) is 15.8. The molecule has 2 aliphatic heterocycles. The van der Waals surface area contributed by atoms with Gasteiger partial charge < -0.3 is 20.3 Å². The lowest BCUT2D eigenvalue weighted by molar-refractivity contribution is -0.00546. The maximum absolute atomic E-state index is 12.5. The minimum Gasteiger partial charge on any atom is -0.372 e. The van der Waals surface area contributed by atoms with E-state index in [1.54, 1.807) is 0 Å². The summed E-state index contributed by atoms with van der Waals surface area (Å²) in [5.41, 5.74) is 3.48. The van der Waals surface area contributed by atoms with Gasteiger partial charge in [-0.2, -0.15) is 5.10 Å². The number of H-pyrrole nitrogens is 1. The van der Waals surface area contributed by atoms with Crippen molar-refractivity contribution in [3.05, 3.63) is 40.8 Å². The van der Waals surface area contributed by atoms with Crippen molar-refractivity contribution in [2.24, 2.45) is 0 Å². The highest BCUT2D eigenvalue weighted by atomic mass is 16.5. The van der Waals surface area contributed by atoms with E-state index >= 15 is 0 Å². The van der Waals surface area contributed by atoms with E-state index in [-0.39, 0.29) is 18.1 Å². The molecule has 2 atom stereocenters. The van der Waals surface area contributed by atoms with Crippen LogP contribution in [0.1, 0.15) is 41.2 Å². The number of fused-ring (bicyclic) bond motifs is 1. The number of rotatable bonds is 4. The summed E-state index contributed by atoms with van der Waals surface area (Å²) in [6, 6.07) is 4.02. The normalized spacial score (nSPS) is 22.4. The second-order valence-corrected chi connectivity index (χ2v) is 7.33. The summed E-state index contributed by atoms with van der Waals surface area (Å²) in [6.45, 7) is 7.86. The van der Waals surface area contributed by atoms with Crippen molar-refractivity contribution >= 4 is 11.7 Å². The van der Waals surface area contributed by atoms with Crippen LogP contribution in [0.4, 0.5) is 5.82 Å². The second kappa shape index (κ2) is 7.66. The number of carbonyl (C=O) groups is 1. The van der Waals surface area contributed by atoms with E-state index in [0.29, 0.717) is 18.8 Å². The topological polar surface area (TPSA) is 95.2 Å². The molecular weight excluding hydrogens is 344 g/mol. The van der Waals surface area contributed by atoms with Gasteiger partial charge in [0.25, 0.3) is 5.91 Å². The molecule has 4 rings (SSSR count). The van der Waals surface area contributed by atoms with E-state index in [0.717, 1.165) is 48.7 Å². The van der Waals surface area contributed by atoms with Crippen molar-refractivity contribution in [3.8, 4) is 0 Å². The first-order valence-corrected chi connectivity index (χ1v) is 9.50. The Morgan fingerprint density at radius 2 is 2.15 bits per heavy atom. The maximum Gasteiger partial charge on any atom is 0.272 e. The second-order valence-electron chi connectivity index (χ2n) is 7.33. The molecule has 0 saturated carbocycles. The average Bonchev–Trinajstić information content (AvgIpc) is 3.10. The number of hydrogen-bond acceptors (Lipinski definition) is 6. The van der Waals surface area contributed by atoms with Crippen LogP contribution in [0, 0.1) is 0 Å². The van der Waals surface area contributed by atoms with Crippen LogP contribution >= 0.6 is 0 Å². The number of aromatic nitrogens is 3. The van der Waals surface area contributed by atoms with Gasteiger partial charge in [0.1, 0.15) is 5.82 Å². The molecular formula is C19H26N6O2. The summed E-state index contributed by atoms with van der Waals surface area (Å²) in [6.07, 6.45) is 3.09. The summed E-state index contributed by atoms with van der Waals surface area (Å²) in [7, 11) is 0. The molecule has 144 valence electrons. The zero-order valence-electron chi connectivity index (χ0n) is 15.8. The summed E-state index contributed by atoms with van der Waals surface area (Å²) in [5.74, 6) is 0.788. The maximum atomic E-state index is 12.5. The first-order valence-electron chi connectivity index (χ1n) is 9.50. The van der Waals surface area contributed by atoms with E-state index in [9.17, 15) is 4.79 Å². The van der Waals surface area contributed by atoms with Crippen LogP contribution in [0.25, 0.3) is 0 Å². The molecule has 1 saturated heterocycles. The highest BCUT2D eigenvalue weighted by Crippen LogP contribution is 2.19. The zero-order chi connectivity index (χ0) is 18.8. The molecule has 2 aliphatic rings. The molecule has 27 heavy (non-hydrogen) atoms. The van der Waals surface area contributed by atoms with Crippen LogP contribution in [-0.2, 0) is 24.2 Å². The fourth-order valence-electron chi connectivity index (χ4n) is 3.75. The van der Waals surface area contributed by atoms with Gasteiger partial charge in [0, 0.05) is 56.6 Å². The number of anilines is 1. The van der Waals surface area contributed by atoms with Crippen molar-refractivity contribution in [1.29, 1.82) is 0 Å². The van der Waals surface area contributed by atoms with Crippen LogP contribution in [0.2, 0.25) is 0 Å². The van der Waals surface area contributed by atoms with Gasteiger partial charge in [0.05, 0.1) is 12.2 Å². The molecule has 3 N–H and O–H groups in total. The van der Waals surface area contributed by atoms with Gasteiger partial charge in [-0.25, -0.2) is 4.98 Å². The van der Waals surface area contributed by atoms with Gasteiger partial charge in [0.15, 0.2) is 5.69 Å². The van der Waals surface area contributed by atoms with E-state index in [1.165, 1.54) is 0 Å². The molecule has 0 aliphatic carbocycles. The molecule has 8 heteroatoms. The first-order chi connectivity index (χ1) is 13.1. The largest absolute Gasteiger partial charge is 0.372 e. The molecule has 1 amide bonds.